The number of piperidine rings is 1. The van der Waals surface area contributed by atoms with Gasteiger partial charge in [-0.05, 0) is 49.1 Å². The molecule has 0 saturated carbocycles. The van der Waals surface area contributed by atoms with E-state index in [4.69, 9.17) is 0 Å². The van der Waals surface area contributed by atoms with Crippen LogP contribution in [0.15, 0.2) is 72.8 Å². The molecular weight excluding hydrogens is 464 g/mol. The predicted molar refractivity (Wildman–Crippen MR) is 133 cm³/mol. The minimum atomic E-state index is -0.904. The van der Waals surface area contributed by atoms with Gasteiger partial charge in [0.2, 0.25) is 5.91 Å². The Balaban J connectivity index is 1.31. The molecule has 1 fully saturated rings. The van der Waals surface area contributed by atoms with E-state index in [1.165, 1.54) is 4.90 Å². The highest BCUT2D eigenvalue weighted by molar-refractivity contribution is 6.04. The standard InChI is InChI=1S/C28H27F2N3O3/c29-21-10-11-22(24(30)18-21)28(36)33-16-13-20(14-17-33)26(34)32-25-9-5-4-8-23(25)27(35)31-15-12-19-6-2-1-3-7-19/h1-11,18,20H,12-17H2,(H,31,35)(H,32,34). The summed E-state index contributed by atoms with van der Waals surface area (Å²) in [4.78, 5) is 39.8. The van der Waals surface area contributed by atoms with Gasteiger partial charge >= 0.3 is 0 Å². The van der Waals surface area contributed by atoms with E-state index in [9.17, 15) is 23.2 Å². The maximum Gasteiger partial charge on any atom is 0.256 e. The minimum absolute atomic E-state index is 0.188. The second-order valence-corrected chi connectivity index (χ2v) is 8.72. The number of likely N-dealkylation sites (tertiary alicyclic amines) is 1. The lowest BCUT2D eigenvalue weighted by Crippen LogP contribution is -2.41. The fourth-order valence-electron chi connectivity index (χ4n) is 4.26. The van der Waals surface area contributed by atoms with Crippen LogP contribution < -0.4 is 10.6 Å². The van der Waals surface area contributed by atoms with Gasteiger partial charge in [-0.1, -0.05) is 42.5 Å². The molecule has 0 aromatic heterocycles. The van der Waals surface area contributed by atoms with E-state index in [2.05, 4.69) is 10.6 Å². The van der Waals surface area contributed by atoms with E-state index in [0.29, 0.717) is 43.1 Å². The second kappa shape index (κ2) is 11.6. The molecule has 1 saturated heterocycles. The van der Waals surface area contributed by atoms with E-state index < -0.39 is 17.5 Å². The molecule has 3 aromatic carbocycles. The number of anilines is 1. The van der Waals surface area contributed by atoms with Gasteiger partial charge in [0.1, 0.15) is 11.6 Å². The molecular formula is C28H27F2N3O3. The van der Waals surface area contributed by atoms with Crippen molar-refractivity contribution in [3.63, 3.8) is 0 Å². The highest BCUT2D eigenvalue weighted by atomic mass is 19.1. The van der Waals surface area contributed by atoms with Crippen molar-refractivity contribution in [2.75, 3.05) is 25.0 Å². The summed E-state index contributed by atoms with van der Waals surface area (Å²) in [6, 6.07) is 19.5. The summed E-state index contributed by atoms with van der Waals surface area (Å²) in [6.45, 7) is 1.01. The molecule has 1 aliphatic rings. The second-order valence-electron chi connectivity index (χ2n) is 8.72. The number of carbonyl (C=O) groups excluding carboxylic acids is 3. The molecule has 0 radical (unpaired) electrons. The number of carbonyl (C=O) groups is 3. The molecule has 3 amide bonds. The summed E-state index contributed by atoms with van der Waals surface area (Å²) in [5, 5.41) is 5.75. The van der Waals surface area contributed by atoms with Crippen LogP contribution in [0.4, 0.5) is 14.5 Å². The summed E-state index contributed by atoms with van der Waals surface area (Å²) in [5.74, 6) is -3.04. The molecule has 0 unspecified atom stereocenters. The van der Waals surface area contributed by atoms with Crippen molar-refractivity contribution in [1.82, 2.24) is 10.2 Å². The topological polar surface area (TPSA) is 78.5 Å². The molecule has 4 rings (SSSR count). The van der Waals surface area contributed by atoms with Crippen molar-refractivity contribution < 1.29 is 23.2 Å². The lowest BCUT2D eigenvalue weighted by molar-refractivity contribution is -0.121. The molecule has 6 nitrogen and oxygen atoms in total. The van der Waals surface area contributed by atoms with E-state index in [1.54, 1.807) is 24.3 Å². The zero-order chi connectivity index (χ0) is 25.5. The van der Waals surface area contributed by atoms with Crippen LogP contribution in [0.2, 0.25) is 0 Å². The first kappa shape index (κ1) is 25.0. The Morgan fingerprint density at radius 2 is 1.56 bits per heavy atom. The largest absolute Gasteiger partial charge is 0.352 e. The SMILES string of the molecule is O=C(NCCc1ccccc1)c1ccccc1NC(=O)C1CCN(C(=O)c2ccc(F)cc2F)CC1. The van der Waals surface area contributed by atoms with Crippen molar-refractivity contribution >= 4 is 23.4 Å². The van der Waals surface area contributed by atoms with Crippen molar-refractivity contribution in [1.29, 1.82) is 0 Å². The van der Waals surface area contributed by atoms with Gasteiger partial charge in [-0.3, -0.25) is 14.4 Å². The number of hydrogen-bond acceptors (Lipinski definition) is 3. The third kappa shape index (κ3) is 6.13. The molecule has 0 bridgehead atoms. The smallest absolute Gasteiger partial charge is 0.256 e. The Morgan fingerprint density at radius 1 is 0.861 bits per heavy atom. The zero-order valence-corrected chi connectivity index (χ0v) is 19.7. The van der Waals surface area contributed by atoms with Crippen LogP contribution >= 0.6 is 0 Å². The molecule has 36 heavy (non-hydrogen) atoms. The molecule has 2 N–H and O–H groups in total. The normalized spacial score (nSPS) is 13.8. The third-order valence-electron chi connectivity index (χ3n) is 6.29. The van der Waals surface area contributed by atoms with Crippen LogP contribution in [0.25, 0.3) is 0 Å². The number of nitrogens with one attached hydrogen (secondary N) is 2. The van der Waals surface area contributed by atoms with Gasteiger partial charge in [0.25, 0.3) is 11.8 Å². The summed E-state index contributed by atoms with van der Waals surface area (Å²) < 4.78 is 27.1. The quantitative estimate of drug-likeness (QED) is 0.513. The van der Waals surface area contributed by atoms with Gasteiger partial charge in [0.05, 0.1) is 16.8 Å². The Kier molecular flexibility index (Phi) is 8.05. The zero-order valence-electron chi connectivity index (χ0n) is 19.7. The first-order valence-corrected chi connectivity index (χ1v) is 11.9. The number of rotatable bonds is 7. The summed E-state index contributed by atoms with van der Waals surface area (Å²) >= 11 is 0. The van der Waals surface area contributed by atoms with Crippen LogP contribution in [0.5, 0.6) is 0 Å². The summed E-state index contributed by atoms with van der Waals surface area (Å²) in [7, 11) is 0. The van der Waals surface area contributed by atoms with Crippen LogP contribution in [0.1, 0.15) is 39.1 Å². The number of benzene rings is 3. The molecule has 0 atom stereocenters. The Morgan fingerprint density at radius 3 is 2.28 bits per heavy atom. The van der Waals surface area contributed by atoms with Crippen LogP contribution in [-0.2, 0) is 11.2 Å². The number of amides is 3. The predicted octanol–water partition coefficient (Wildman–Crippen LogP) is 4.43. The minimum Gasteiger partial charge on any atom is -0.352 e. The molecule has 1 heterocycles. The van der Waals surface area contributed by atoms with E-state index in [-0.39, 0.29) is 36.4 Å². The fraction of sp³-hybridized carbons (Fsp3) is 0.250. The van der Waals surface area contributed by atoms with Crippen molar-refractivity contribution in [3.8, 4) is 0 Å². The van der Waals surface area contributed by atoms with Gasteiger partial charge in [-0.15, -0.1) is 0 Å². The van der Waals surface area contributed by atoms with Gasteiger partial charge < -0.3 is 15.5 Å². The average molecular weight is 492 g/mol. The van der Waals surface area contributed by atoms with E-state index >= 15 is 0 Å². The molecule has 1 aliphatic heterocycles. The average Bonchev–Trinajstić information content (AvgIpc) is 2.89. The lowest BCUT2D eigenvalue weighted by atomic mass is 9.95. The maximum absolute atomic E-state index is 14.0. The molecule has 186 valence electrons. The van der Waals surface area contributed by atoms with Gasteiger partial charge in [-0.2, -0.15) is 0 Å². The van der Waals surface area contributed by atoms with Crippen LogP contribution in [0.3, 0.4) is 0 Å². The highest BCUT2D eigenvalue weighted by Gasteiger charge is 2.29. The first-order chi connectivity index (χ1) is 17.4. The Bertz CT molecular complexity index is 1240. The maximum atomic E-state index is 14.0. The fourth-order valence-corrected chi connectivity index (χ4v) is 4.26. The first-order valence-electron chi connectivity index (χ1n) is 11.9. The summed E-state index contributed by atoms with van der Waals surface area (Å²) in [5.41, 5.74) is 1.72. The van der Waals surface area contributed by atoms with Crippen LogP contribution in [0, 0.1) is 17.6 Å². The molecule has 0 aliphatic carbocycles. The Labute approximate surface area is 208 Å². The lowest BCUT2D eigenvalue weighted by Gasteiger charge is -2.31. The Hall–Kier alpha value is -4.07. The number of nitrogens with zero attached hydrogens (tertiary/aromatic N) is 1. The summed E-state index contributed by atoms with van der Waals surface area (Å²) in [6.07, 6.45) is 1.48. The molecule has 3 aromatic rings. The van der Waals surface area contributed by atoms with Gasteiger partial charge in [-0.25, -0.2) is 8.78 Å². The van der Waals surface area contributed by atoms with Crippen molar-refractivity contribution in [3.05, 3.63) is 101 Å². The number of hydrogen-bond donors (Lipinski definition) is 2. The van der Waals surface area contributed by atoms with E-state index in [0.717, 1.165) is 17.7 Å². The van der Waals surface area contributed by atoms with Crippen molar-refractivity contribution in [2.24, 2.45) is 5.92 Å². The number of para-hydroxylation sites is 1. The van der Waals surface area contributed by atoms with Gasteiger partial charge in [0.15, 0.2) is 0 Å². The van der Waals surface area contributed by atoms with Crippen LogP contribution in [-0.4, -0.2) is 42.3 Å². The monoisotopic (exact) mass is 491 g/mol. The van der Waals surface area contributed by atoms with Gasteiger partial charge in [0, 0.05) is 31.6 Å². The van der Waals surface area contributed by atoms with E-state index in [1.807, 2.05) is 30.3 Å². The number of halogens is 2. The van der Waals surface area contributed by atoms with Crippen molar-refractivity contribution in [2.45, 2.75) is 19.3 Å². The third-order valence-corrected chi connectivity index (χ3v) is 6.29. The molecule has 0 spiro atoms. The molecule has 8 heteroatoms. The highest BCUT2D eigenvalue weighted by Crippen LogP contribution is 2.23.